The van der Waals surface area contributed by atoms with Crippen molar-refractivity contribution in [3.63, 3.8) is 0 Å². The first-order valence-electron chi connectivity index (χ1n) is 21.4. The maximum absolute atomic E-state index is 12.7. The van der Waals surface area contributed by atoms with Gasteiger partial charge in [-0.1, -0.05) is 24.3 Å². The first kappa shape index (κ1) is 56.9. The molecule has 0 radical (unpaired) electrons. The number of carboxylic acids is 1. The Balaban J connectivity index is 0.000000339. The minimum atomic E-state index is -1.04. The van der Waals surface area contributed by atoms with Crippen LogP contribution in [0.1, 0.15) is 112 Å². The maximum atomic E-state index is 12.7. The molecule has 18 nitrogen and oxygen atoms in total. The Hall–Kier alpha value is -7.18. The minimum absolute atomic E-state index is 0.110. The molecule has 18 heteroatoms. The van der Waals surface area contributed by atoms with E-state index in [9.17, 15) is 28.8 Å². The number of hydrogen-bond acceptors (Lipinski definition) is 13. The summed E-state index contributed by atoms with van der Waals surface area (Å²) in [5, 5.41) is 17.6. The number of hydroxylamine groups is 2. The molecule has 0 saturated carbocycles. The van der Waals surface area contributed by atoms with Crippen LogP contribution in [0.3, 0.4) is 0 Å². The van der Waals surface area contributed by atoms with E-state index in [1.54, 1.807) is 141 Å². The van der Waals surface area contributed by atoms with Crippen molar-refractivity contribution < 1.29 is 67.1 Å². The number of aromatic carboxylic acids is 1. The molecule has 0 aliphatic carbocycles. The molecule has 1 fully saturated rings. The molecule has 1 aliphatic rings. The fraction of sp³-hybridized carbons (Fsp3) is 0.400. The lowest BCUT2D eigenvalue weighted by Crippen LogP contribution is -2.27. The summed E-state index contributed by atoms with van der Waals surface area (Å²) in [6, 6.07) is 24.1. The third-order valence-corrected chi connectivity index (χ3v) is 8.31. The number of ether oxygens (including phenoxy) is 6. The monoisotopic (exact) mass is 946 g/mol. The van der Waals surface area contributed by atoms with Gasteiger partial charge in [0.05, 0.1) is 26.9 Å². The average molecular weight is 947 g/mol. The van der Waals surface area contributed by atoms with E-state index >= 15 is 0 Å². The number of hydrogen-bond donors (Lipinski definition) is 4. The molecule has 4 N–H and O–H groups in total. The van der Waals surface area contributed by atoms with Crippen LogP contribution in [0.15, 0.2) is 91.0 Å². The molecule has 4 aromatic rings. The number of nitrogens with zero attached hydrogens (tertiary/aromatic N) is 1. The van der Waals surface area contributed by atoms with E-state index in [4.69, 9.17) is 38.4 Å². The van der Waals surface area contributed by atoms with Gasteiger partial charge >= 0.3 is 24.2 Å². The quantitative estimate of drug-likeness (QED) is 0.0659. The number of anilines is 3. The second-order valence-corrected chi connectivity index (χ2v) is 17.6. The molecule has 1 saturated heterocycles. The van der Waals surface area contributed by atoms with E-state index in [1.807, 2.05) is 0 Å². The van der Waals surface area contributed by atoms with Crippen molar-refractivity contribution in [2.45, 2.75) is 92.0 Å². The molecule has 4 amide bonds. The van der Waals surface area contributed by atoms with E-state index in [0.717, 1.165) is 18.3 Å². The SMILES string of the molecule is C1CCOC1.CC(C)(C)OC(=O)Nc1cccc(C(=O)O)c1.CON(C)C(=O)c1cccc(NC(=O)OC(C)(C)C)c1.COc1ccc(C(=O)c2cccc(NC(=O)OC(C)(C)C)c2)cc1OC. The van der Waals surface area contributed by atoms with Crippen molar-refractivity contribution in [3.05, 3.63) is 113 Å². The standard InChI is InChI=1S/C20H23NO5.C14H20N2O4.C12H15NO4.C4H8O/c1-20(2,3)26-19(23)21-15-8-6-7-13(11-15)18(22)14-9-10-16(24-4)17(12-14)25-5;1-14(2,3)20-13(18)15-11-8-6-7-10(9-11)12(17)16(4)19-5;1-12(2,3)17-11(16)13-9-6-4-5-8(7-9)10(14)15;1-2-4-5-3-1/h6-12H,1-5H3,(H,21,23);6-9H,1-5H3,(H,15,18);4-7H,1-3H3,(H,13,16)(H,14,15);1-4H2. The zero-order valence-electron chi connectivity index (χ0n) is 41.2. The number of ketones is 1. The molecule has 370 valence electrons. The predicted molar refractivity (Wildman–Crippen MR) is 258 cm³/mol. The van der Waals surface area contributed by atoms with Gasteiger partial charge in [0.1, 0.15) is 16.8 Å². The first-order valence-corrected chi connectivity index (χ1v) is 21.4. The second kappa shape index (κ2) is 26.8. The van der Waals surface area contributed by atoms with Crippen LogP contribution < -0.4 is 25.4 Å². The van der Waals surface area contributed by atoms with Crippen molar-refractivity contribution >= 4 is 53.0 Å². The Morgan fingerprint density at radius 3 is 1.28 bits per heavy atom. The molecule has 0 unspecified atom stereocenters. The summed E-state index contributed by atoms with van der Waals surface area (Å²) in [5.74, 6) is -0.525. The number of carbonyl (C=O) groups is 6. The third-order valence-electron chi connectivity index (χ3n) is 8.31. The van der Waals surface area contributed by atoms with Gasteiger partial charge in [-0.25, -0.2) is 24.2 Å². The van der Waals surface area contributed by atoms with Crippen LogP contribution in [0.4, 0.5) is 31.4 Å². The number of carboxylic acid groups (broad SMARTS) is 1. The summed E-state index contributed by atoms with van der Waals surface area (Å²) in [6.07, 6.45) is 0.801. The zero-order valence-corrected chi connectivity index (χ0v) is 41.2. The van der Waals surface area contributed by atoms with Crippen molar-refractivity contribution in [1.82, 2.24) is 5.06 Å². The van der Waals surface area contributed by atoms with E-state index < -0.39 is 41.1 Å². The normalized spacial score (nSPS) is 11.8. The number of methoxy groups -OCH3 is 2. The van der Waals surface area contributed by atoms with Crippen LogP contribution in [0, 0.1) is 0 Å². The molecule has 1 aliphatic heterocycles. The van der Waals surface area contributed by atoms with Crippen molar-refractivity contribution in [2.24, 2.45) is 0 Å². The highest BCUT2D eigenvalue weighted by atomic mass is 16.7. The van der Waals surface area contributed by atoms with E-state index in [2.05, 4.69) is 16.0 Å². The molecule has 0 spiro atoms. The summed E-state index contributed by atoms with van der Waals surface area (Å²) in [4.78, 5) is 75.1. The fourth-order valence-corrected chi connectivity index (χ4v) is 5.38. The summed E-state index contributed by atoms with van der Waals surface area (Å²) in [5.41, 5.74) is 0.989. The summed E-state index contributed by atoms with van der Waals surface area (Å²) >= 11 is 0. The van der Waals surface area contributed by atoms with Gasteiger partial charge in [-0.3, -0.25) is 30.4 Å². The van der Waals surface area contributed by atoms with Crippen LogP contribution in [-0.4, -0.2) is 105 Å². The highest BCUT2D eigenvalue weighted by molar-refractivity contribution is 6.10. The van der Waals surface area contributed by atoms with E-state index in [-0.39, 0.29) is 17.3 Å². The lowest BCUT2D eigenvalue weighted by Gasteiger charge is -2.20. The summed E-state index contributed by atoms with van der Waals surface area (Å²) in [6.45, 7) is 17.9. The molecular weight excluding hydrogens is 881 g/mol. The Morgan fingerprint density at radius 1 is 0.529 bits per heavy atom. The molecule has 1 heterocycles. The topological polar surface area (TPSA) is 227 Å². The number of amides is 4. The van der Waals surface area contributed by atoms with Crippen LogP contribution in [0.5, 0.6) is 11.5 Å². The molecule has 0 bridgehead atoms. The predicted octanol–water partition coefficient (Wildman–Crippen LogP) is 10.5. The van der Waals surface area contributed by atoms with Gasteiger partial charge in [-0.2, -0.15) is 0 Å². The average Bonchev–Trinajstić information content (AvgIpc) is 3.85. The Bertz CT molecular complexity index is 2300. The van der Waals surface area contributed by atoms with Crippen molar-refractivity contribution in [1.29, 1.82) is 0 Å². The Morgan fingerprint density at radius 2 is 0.912 bits per heavy atom. The van der Waals surface area contributed by atoms with Gasteiger partial charge < -0.3 is 33.5 Å². The smallest absolute Gasteiger partial charge is 0.412 e. The van der Waals surface area contributed by atoms with Crippen LogP contribution in [-0.2, 0) is 23.8 Å². The number of carbonyl (C=O) groups excluding carboxylic acids is 5. The zero-order chi connectivity index (χ0) is 51.2. The number of rotatable bonds is 10. The van der Waals surface area contributed by atoms with Crippen LogP contribution >= 0.6 is 0 Å². The molecule has 4 aromatic carbocycles. The Labute approximate surface area is 398 Å². The van der Waals surface area contributed by atoms with E-state index in [0.29, 0.717) is 45.3 Å². The first-order chi connectivity index (χ1) is 31.7. The Kier molecular flexibility index (Phi) is 22.5. The van der Waals surface area contributed by atoms with Gasteiger partial charge in [-0.15, -0.1) is 0 Å². The fourth-order valence-electron chi connectivity index (χ4n) is 5.38. The summed E-state index contributed by atoms with van der Waals surface area (Å²) in [7, 11) is 5.96. The van der Waals surface area contributed by atoms with Crippen LogP contribution in [0.25, 0.3) is 0 Å². The number of benzene rings is 4. The molecular formula is C50H66N4O14. The lowest BCUT2D eigenvalue weighted by molar-refractivity contribution is -0.0756. The highest BCUT2D eigenvalue weighted by Crippen LogP contribution is 2.29. The molecule has 5 rings (SSSR count). The van der Waals surface area contributed by atoms with Crippen LogP contribution in [0.2, 0.25) is 0 Å². The van der Waals surface area contributed by atoms with E-state index in [1.165, 1.54) is 53.4 Å². The molecule has 0 aromatic heterocycles. The van der Waals surface area contributed by atoms with Gasteiger partial charge in [0.25, 0.3) is 5.91 Å². The van der Waals surface area contributed by atoms with Crippen molar-refractivity contribution in [2.75, 3.05) is 57.5 Å². The largest absolute Gasteiger partial charge is 0.493 e. The van der Waals surface area contributed by atoms with Gasteiger partial charge in [0, 0.05) is 54.0 Å². The van der Waals surface area contributed by atoms with Gasteiger partial charge in [0.2, 0.25) is 0 Å². The minimum Gasteiger partial charge on any atom is -0.493 e. The third kappa shape index (κ3) is 22.3. The molecule has 68 heavy (non-hydrogen) atoms. The maximum Gasteiger partial charge on any atom is 0.412 e. The molecule has 0 atom stereocenters. The van der Waals surface area contributed by atoms with Gasteiger partial charge in [0.15, 0.2) is 17.3 Å². The second-order valence-electron chi connectivity index (χ2n) is 17.6. The highest BCUT2D eigenvalue weighted by Gasteiger charge is 2.20. The number of nitrogens with one attached hydrogen (secondary N) is 3. The lowest BCUT2D eigenvalue weighted by atomic mass is 10.0. The van der Waals surface area contributed by atoms with Gasteiger partial charge in [-0.05, 0) is 142 Å². The summed E-state index contributed by atoms with van der Waals surface area (Å²) < 4.78 is 30.8. The van der Waals surface area contributed by atoms with Crippen molar-refractivity contribution in [3.8, 4) is 11.5 Å².